The average molecular weight is 172 g/mol. The molecule has 2 nitrogen and oxygen atoms in total. The van der Waals surface area contributed by atoms with Crippen LogP contribution in [0.5, 0.6) is 0 Å². The highest BCUT2D eigenvalue weighted by Gasteiger charge is 1.96. The Morgan fingerprint density at radius 2 is 1.83 bits per heavy atom. The van der Waals surface area contributed by atoms with Crippen molar-refractivity contribution in [3.63, 3.8) is 0 Å². The van der Waals surface area contributed by atoms with Crippen LogP contribution < -0.4 is 0 Å². The summed E-state index contributed by atoms with van der Waals surface area (Å²) in [5.41, 5.74) is 0. The van der Waals surface area contributed by atoms with Crippen LogP contribution in [0.15, 0.2) is 0 Å². The van der Waals surface area contributed by atoms with Crippen LogP contribution in [0.4, 0.5) is 0 Å². The Labute approximate surface area is 75.3 Å². The van der Waals surface area contributed by atoms with E-state index >= 15 is 0 Å². The Bertz CT molecular complexity index is 110. The first-order valence-corrected chi connectivity index (χ1v) is 4.82. The molecule has 0 aliphatic carbocycles. The van der Waals surface area contributed by atoms with Gasteiger partial charge in [-0.25, -0.2) is 0 Å². The first kappa shape index (κ1) is 11.6. The van der Waals surface area contributed by atoms with E-state index in [9.17, 15) is 4.79 Å². The topological polar surface area (TPSA) is 26.3 Å². The van der Waals surface area contributed by atoms with Crippen molar-refractivity contribution in [2.75, 3.05) is 13.7 Å². The molecular formula is C10H20O2. The second-order valence-electron chi connectivity index (χ2n) is 3.05. The Balaban J connectivity index is 2.95. The molecule has 72 valence electrons. The van der Waals surface area contributed by atoms with Crippen molar-refractivity contribution < 1.29 is 9.53 Å². The van der Waals surface area contributed by atoms with Gasteiger partial charge in [0.2, 0.25) is 0 Å². The number of rotatable bonds is 8. The normalized spacial score (nSPS) is 10.2. The number of carbonyl (C=O) groups excluding carboxylic acids is 1. The largest absolute Gasteiger partial charge is 0.385 e. The van der Waals surface area contributed by atoms with Gasteiger partial charge in [0.1, 0.15) is 5.78 Å². The molecule has 0 aliphatic rings. The van der Waals surface area contributed by atoms with Gasteiger partial charge in [-0.2, -0.15) is 0 Å². The smallest absolute Gasteiger partial charge is 0.132 e. The van der Waals surface area contributed by atoms with Crippen LogP contribution in [0.25, 0.3) is 0 Å². The van der Waals surface area contributed by atoms with E-state index in [0.717, 1.165) is 32.3 Å². The lowest BCUT2D eigenvalue weighted by Crippen LogP contribution is -1.94. The fourth-order valence-corrected chi connectivity index (χ4v) is 1.10. The molecule has 2 heteroatoms. The highest BCUT2D eigenvalue weighted by Crippen LogP contribution is 2.04. The van der Waals surface area contributed by atoms with Crippen molar-refractivity contribution >= 4 is 5.78 Å². The fourth-order valence-electron chi connectivity index (χ4n) is 1.10. The maximum Gasteiger partial charge on any atom is 0.132 e. The lowest BCUT2D eigenvalue weighted by atomic mass is 10.1. The standard InChI is InChI=1S/C10H20O2/c1-3-10(11)8-6-4-5-7-9-12-2/h3-9H2,1-2H3. The molecule has 0 N–H and O–H groups in total. The Kier molecular flexibility index (Phi) is 8.46. The monoisotopic (exact) mass is 172 g/mol. The zero-order valence-electron chi connectivity index (χ0n) is 8.27. The van der Waals surface area contributed by atoms with Gasteiger partial charge >= 0.3 is 0 Å². The van der Waals surface area contributed by atoms with Crippen molar-refractivity contribution in [2.24, 2.45) is 0 Å². The molecule has 0 radical (unpaired) electrons. The van der Waals surface area contributed by atoms with Crippen molar-refractivity contribution in [2.45, 2.75) is 45.4 Å². The number of ketones is 1. The number of Topliss-reactive ketones (excluding diaryl/α,β-unsaturated/α-hetero) is 1. The Morgan fingerprint density at radius 1 is 1.17 bits per heavy atom. The van der Waals surface area contributed by atoms with Gasteiger partial charge in [-0.05, 0) is 12.8 Å². The third-order valence-electron chi connectivity index (χ3n) is 1.95. The SMILES string of the molecule is CCC(=O)CCCCCCOC. The average Bonchev–Trinajstić information content (AvgIpc) is 2.10. The van der Waals surface area contributed by atoms with E-state index < -0.39 is 0 Å². The second kappa shape index (κ2) is 8.72. The molecular weight excluding hydrogens is 152 g/mol. The predicted molar refractivity (Wildman–Crippen MR) is 50.3 cm³/mol. The number of carbonyl (C=O) groups is 1. The number of hydrogen-bond donors (Lipinski definition) is 0. The number of unbranched alkanes of at least 4 members (excludes halogenated alkanes) is 3. The zero-order valence-corrected chi connectivity index (χ0v) is 8.27. The van der Waals surface area contributed by atoms with Crippen LogP contribution in [-0.4, -0.2) is 19.5 Å². The minimum Gasteiger partial charge on any atom is -0.385 e. The van der Waals surface area contributed by atoms with Crippen molar-refractivity contribution in [1.82, 2.24) is 0 Å². The minimum absolute atomic E-state index is 0.391. The summed E-state index contributed by atoms with van der Waals surface area (Å²) in [6.45, 7) is 2.77. The molecule has 0 amide bonds. The molecule has 0 fully saturated rings. The molecule has 0 heterocycles. The van der Waals surface area contributed by atoms with Crippen molar-refractivity contribution in [3.05, 3.63) is 0 Å². The fraction of sp³-hybridized carbons (Fsp3) is 0.900. The predicted octanol–water partition coefficient (Wildman–Crippen LogP) is 2.56. The molecule has 0 bridgehead atoms. The molecule has 0 aromatic rings. The second-order valence-corrected chi connectivity index (χ2v) is 3.05. The third-order valence-corrected chi connectivity index (χ3v) is 1.95. The summed E-state index contributed by atoms with van der Waals surface area (Å²) in [5, 5.41) is 0. The molecule has 0 aliphatic heterocycles. The van der Waals surface area contributed by atoms with E-state index in [4.69, 9.17) is 4.74 Å². The summed E-state index contributed by atoms with van der Waals surface area (Å²) in [6.07, 6.45) is 5.98. The lowest BCUT2D eigenvalue weighted by molar-refractivity contribution is -0.118. The highest BCUT2D eigenvalue weighted by atomic mass is 16.5. The summed E-state index contributed by atoms with van der Waals surface area (Å²) in [4.78, 5) is 10.9. The van der Waals surface area contributed by atoms with Crippen LogP contribution in [0, 0.1) is 0 Å². The van der Waals surface area contributed by atoms with E-state index in [2.05, 4.69) is 0 Å². The molecule has 0 atom stereocenters. The van der Waals surface area contributed by atoms with Gasteiger partial charge in [-0.15, -0.1) is 0 Å². The molecule has 0 aromatic carbocycles. The van der Waals surface area contributed by atoms with Crippen LogP contribution in [0.1, 0.15) is 45.4 Å². The molecule has 0 unspecified atom stereocenters. The van der Waals surface area contributed by atoms with Gasteiger partial charge in [0, 0.05) is 26.6 Å². The number of hydrogen-bond acceptors (Lipinski definition) is 2. The molecule has 0 rings (SSSR count). The highest BCUT2D eigenvalue weighted by molar-refractivity contribution is 5.77. The van der Waals surface area contributed by atoms with E-state index in [1.807, 2.05) is 6.92 Å². The van der Waals surface area contributed by atoms with Crippen LogP contribution in [-0.2, 0) is 9.53 Å². The van der Waals surface area contributed by atoms with E-state index in [1.165, 1.54) is 6.42 Å². The van der Waals surface area contributed by atoms with E-state index in [-0.39, 0.29) is 0 Å². The van der Waals surface area contributed by atoms with Crippen LogP contribution in [0.2, 0.25) is 0 Å². The number of methoxy groups -OCH3 is 1. The summed E-state index contributed by atoms with van der Waals surface area (Å²) < 4.78 is 4.92. The molecule has 0 aromatic heterocycles. The molecule has 0 spiro atoms. The van der Waals surface area contributed by atoms with Crippen molar-refractivity contribution in [1.29, 1.82) is 0 Å². The minimum atomic E-state index is 0.391. The van der Waals surface area contributed by atoms with Crippen molar-refractivity contribution in [3.8, 4) is 0 Å². The van der Waals surface area contributed by atoms with E-state index in [1.54, 1.807) is 7.11 Å². The van der Waals surface area contributed by atoms with E-state index in [0.29, 0.717) is 12.2 Å². The van der Waals surface area contributed by atoms with Gasteiger partial charge in [0.05, 0.1) is 0 Å². The molecule has 0 saturated heterocycles. The van der Waals surface area contributed by atoms with Gasteiger partial charge < -0.3 is 4.74 Å². The molecule has 0 saturated carbocycles. The summed E-state index contributed by atoms with van der Waals surface area (Å²) in [6, 6.07) is 0. The van der Waals surface area contributed by atoms with Crippen LogP contribution >= 0.6 is 0 Å². The van der Waals surface area contributed by atoms with Crippen LogP contribution in [0.3, 0.4) is 0 Å². The zero-order chi connectivity index (χ0) is 9.23. The summed E-state index contributed by atoms with van der Waals surface area (Å²) in [5.74, 6) is 0.391. The van der Waals surface area contributed by atoms with Gasteiger partial charge in [0.15, 0.2) is 0 Å². The van der Waals surface area contributed by atoms with Gasteiger partial charge in [-0.3, -0.25) is 4.79 Å². The maximum absolute atomic E-state index is 10.9. The molecule has 12 heavy (non-hydrogen) atoms. The first-order chi connectivity index (χ1) is 5.81. The summed E-state index contributed by atoms with van der Waals surface area (Å²) in [7, 11) is 1.72. The quantitative estimate of drug-likeness (QED) is 0.526. The van der Waals surface area contributed by atoms with Gasteiger partial charge in [-0.1, -0.05) is 19.8 Å². The Hall–Kier alpha value is -0.370. The Morgan fingerprint density at radius 3 is 2.42 bits per heavy atom. The number of ether oxygens (including phenoxy) is 1. The third kappa shape index (κ3) is 7.73. The summed E-state index contributed by atoms with van der Waals surface area (Å²) >= 11 is 0. The maximum atomic E-state index is 10.9. The lowest BCUT2D eigenvalue weighted by Gasteiger charge is -1.99. The first-order valence-electron chi connectivity index (χ1n) is 4.82. The van der Waals surface area contributed by atoms with Gasteiger partial charge in [0.25, 0.3) is 0 Å².